The van der Waals surface area contributed by atoms with Gasteiger partial charge in [0, 0.05) is 19.0 Å². The Labute approximate surface area is 197 Å². The molecular weight excluding hydrogens is 436 g/mol. The van der Waals surface area contributed by atoms with Crippen LogP contribution in [0.15, 0.2) is 71.9 Å². The molecular formula is C26H24N2O6. The van der Waals surface area contributed by atoms with Crippen molar-refractivity contribution in [2.45, 2.75) is 25.6 Å². The Kier molecular flexibility index (Phi) is 6.87. The van der Waals surface area contributed by atoms with Gasteiger partial charge in [-0.3, -0.25) is 4.79 Å². The number of ether oxygens (including phenoxy) is 3. The lowest BCUT2D eigenvalue weighted by molar-refractivity contribution is -0.146. The first-order valence-corrected chi connectivity index (χ1v) is 10.7. The molecule has 0 N–H and O–H groups in total. The van der Waals surface area contributed by atoms with E-state index in [-0.39, 0.29) is 35.9 Å². The van der Waals surface area contributed by atoms with E-state index in [1.165, 1.54) is 31.3 Å². The Morgan fingerprint density at radius 3 is 2.35 bits per heavy atom. The van der Waals surface area contributed by atoms with Crippen LogP contribution >= 0.6 is 0 Å². The third-order valence-corrected chi connectivity index (χ3v) is 5.83. The van der Waals surface area contributed by atoms with Crippen LogP contribution in [-0.4, -0.2) is 37.0 Å². The second-order valence-corrected chi connectivity index (χ2v) is 7.83. The van der Waals surface area contributed by atoms with Crippen molar-refractivity contribution < 1.29 is 23.8 Å². The second-order valence-electron chi connectivity index (χ2n) is 7.83. The monoisotopic (exact) mass is 460 g/mol. The number of rotatable bonds is 7. The van der Waals surface area contributed by atoms with Crippen LogP contribution in [-0.2, 0) is 29.1 Å². The molecule has 8 heteroatoms. The van der Waals surface area contributed by atoms with E-state index in [1.54, 1.807) is 0 Å². The van der Waals surface area contributed by atoms with Crippen molar-refractivity contribution in [1.82, 2.24) is 4.90 Å². The fourth-order valence-electron chi connectivity index (χ4n) is 4.04. The van der Waals surface area contributed by atoms with Gasteiger partial charge in [0.1, 0.15) is 18.3 Å². The Balaban J connectivity index is 1.67. The maximum absolute atomic E-state index is 13.6. The second kappa shape index (κ2) is 10.2. The van der Waals surface area contributed by atoms with Gasteiger partial charge in [-0.15, -0.1) is 4.91 Å². The third kappa shape index (κ3) is 4.61. The number of benzene rings is 3. The molecule has 8 nitrogen and oxygen atoms in total. The topological polar surface area (TPSA) is 94.5 Å². The smallest absolute Gasteiger partial charge is 0.328 e. The summed E-state index contributed by atoms with van der Waals surface area (Å²) in [5.41, 5.74) is 2.74. The molecule has 1 atom stereocenters. The molecule has 0 unspecified atom stereocenters. The maximum Gasteiger partial charge on any atom is 0.328 e. The number of esters is 1. The number of amides is 1. The van der Waals surface area contributed by atoms with E-state index in [0.717, 1.165) is 16.7 Å². The van der Waals surface area contributed by atoms with Crippen molar-refractivity contribution in [3.63, 3.8) is 0 Å². The van der Waals surface area contributed by atoms with Gasteiger partial charge in [0.25, 0.3) is 5.91 Å². The molecule has 0 saturated carbocycles. The molecule has 34 heavy (non-hydrogen) atoms. The molecule has 1 amide bonds. The molecule has 3 aromatic rings. The zero-order valence-corrected chi connectivity index (χ0v) is 18.9. The fraction of sp³-hybridized carbons (Fsp3) is 0.231. The molecule has 0 saturated heterocycles. The van der Waals surface area contributed by atoms with Crippen LogP contribution in [0.5, 0.6) is 11.5 Å². The van der Waals surface area contributed by atoms with Gasteiger partial charge in [-0.25, -0.2) is 4.79 Å². The first-order valence-electron chi connectivity index (χ1n) is 10.7. The number of methoxy groups -OCH3 is 2. The summed E-state index contributed by atoms with van der Waals surface area (Å²) in [6.45, 7) is 0.442. The first-order chi connectivity index (χ1) is 16.5. The molecule has 1 heterocycles. The quantitative estimate of drug-likeness (QED) is 0.383. The molecule has 0 aliphatic carbocycles. The number of nitroso groups, excluding NO2 is 1. The van der Waals surface area contributed by atoms with Crippen molar-refractivity contribution >= 4 is 17.6 Å². The number of hydrogen-bond donors (Lipinski definition) is 0. The summed E-state index contributed by atoms with van der Waals surface area (Å²) in [5, 5.41) is 3.06. The van der Waals surface area contributed by atoms with Gasteiger partial charge < -0.3 is 19.1 Å². The number of fused-ring (bicyclic) bond motifs is 1. The molecule has 0 radical (unpaired) electrons. The van der Waals surface area contributed by atoms with Crippen molar-refractivity contribution in [3.8, 4) is 11.5 Å². The summed E-state index contributed by atoms with van der Waals surface area (Å²) in [6.07, 6.45) is 0.313. The summed E-state index contributed by atoms with van der Waals surface area (Å²) in [7, 11) is 2.73. The van der Waals surface area contributed by atoms with Gasteiger partial charge in [-0.05, 0) is 27.9 Å². The Bertz CT molecular complexity index is 1210. The highest BCUT2D eigenvalue weighted by atomic mass is 16.5. The molecule has 174 valence electrons. The number of carbonyl (C=O) groups excluding carboxylic acids is 2. The van der Waals surface area contributed by atoms with E-state index in [2.05, 4.69) is 5.18 Å². The van der Waals surface area contributed by atoms with Gasteiger partial charge in [-0.1, -0.05) is 54.6 Å². The molecule has 0 bridgehead atoms. The fourth-order valence-corrected chi connectivity index (χ4v) is 4.04. The minimum absolute atomic E-state index is 0.0206. The lowest BCUT2D eigenvalue weighted by Gasteiger charge is -2.35. The summed E-state index contributed by atoms with van der Waals surface area (Å²) in [5.74, 6) is -0.490. The van der Waals surface area contributed by atoms with Gasteiger partial charge >= 0.3 is 5.97 Å². The zero-order valence-electron chi connectivity index (χ0n) is 18.9. The molecule has 1 aliphatic heterocycles. The highest BCUT2D eigenvalue weighted by Crippen LogP contribution is 2.37. The SMILES string of the molecule is COC(=O)[C@@H]1Cc2ccccc2CN1C(=O)c1cc(OC)c(OCc2ccccc2)cc1N=O. The van der Waals surface area contributed by atoms with Crippen molar-refractivity contribution in [3.05, 3.63) is 93.9 Å². The van der Waals surface area contributed by atoms with Crippen LogP contribution < -0.4 is 9.47 Å². The number of carbonyl (C=O) groups is 2. The standard InChI is InChI=1S/C26H24N2O6/c1-32-23-13-20(21(27-31)14-24(23)34-16-17-8-4-3-5-9-17)25(29)28-15-19-11-7-6-10-18(19)12-22(28)26(30)33-2/h3-11,13-14,22H,12,15-16H2,1-2H3/t22-/m0/s1. The largest absolute Gasteiger partial charge is 0.493 e. The van der Waals surface area contributed by atoms with E-state index in [1.807, 2.05) is 54.6 Å². The van der Waals surface area contributed by atoms with Crippen LogP contribution in [0.2, 0.25) is 0 Å². The number of hydrogen-bond acceptors (Lipinski definition) is 7. The maximum atomic E-state index is 13.6. The lowest BCUT2D eigenvalue weighted by Crippen LogP contribution is -2.49. The van der Waals surface area contributed by atoms with E-state index in [4.69, 9.17) is 14.2 Å². The van der Waals surface area contributed by atoms with Gasteiger partial charge in [0.2, 0.25) is 0 Å². The molecule has 1 aliphatic rings. The van der Waals surface area contributed by atoms with E-state index >= 15 is 0 Å². The third-order valence-electron chi connectivity index (χ3n) is 5.83. The molecule has 0 aromatic heterocycles. The summed E-state index contributed by atoms with van der Waals surface area (Å²) in [6, 6.07) is 19.1. The Morgan fingerprint density at radius 2 is 1.68 bits per heavy atom. The molecule has 0 spiro atoms. The normalized spacial score (nSPS) is 14.6. The van der Waals surface area contributed by atoms with Crippen LogP contribution in [0.3, 0.4) is 0 Å². The van der Waals surface area contributed by atoms with Gasteiger partial charge in [-0.2, -0.15) is 0 Å². The highest BCUT2D eigenvalue weighted by molar-refractivity contribution is 6.02. The van der Waals surface area contributed by atoms with Crippen molar-refractivity contribution in [1.29, 1.82) is 0 Å². The summed E-state index contributed by atoms with van der Waals surface area (Å²) >= 11 is 0. The first kappa shape index (κ1) is 23.0. The zero-order chi connectivity index (χ0) is 24.1. The van der Waals surface area contributed by atoms with Crippen LogP contribution in [0.4, 0.5) is 5.69 Å². The predicted molar refractivity (Wildman–Crippen MR) is 125 cm³/mol. The lowest BCUT2D eigenvalue weighted by atomic mass is 9.93. The van der Waals surface area contributed by atoms with Crippen LogP contribution in [0.25, 0.3) is 0 Å². The average Bonchev–Trinajstić information content (AvgIpc) is 2.90. The van der Waals surface area contributed by atoms with E-state index < -0.39 is 17.9 Å². The minimum atomic E-state index is -0.827. The molecule has 4 rings (SSSR count). The predicted octanol–water partition coefficient (Wildman–Crippen LogP) is 4.41. The summed E-state index contributed by atoms with van der Waals surface area (Å²) in [4.78, 5) is 39.2. The molecule has 0 fully saturated rings. The highest BCUT2D eigenvalue weighted by Gasteiger charge is 2.37. The van der Waals surface area contributed by atoms with Crippen molar-refractivity contribution in [2.75, 3.05) is 14.2 Å². The average molecular weight is 460 g/mol. The minimum Gasteiger partial charge on any atom is -0.493 e. The van der Waals surface area contributed by atoms with E-state index in [0.29, 0.717) is 6.42 Å². The van der Waals surface area contributed by atoms with Crippen molar-refractivity contribution in [2.24, 2.45) is 5.18 Å². The Hall–Kier alpha value is -4.20. The van der Waals surface area contributed by atoms with Crippen LogP contribution in [0.1, 0.15) is 27.0 Å². The van der Waals surface area contributed by atoms with Gasteiger partial charge in [0.15, 0.2) is 11.5 Å². The van der Waals surface area contributed by atoms with E-state index in [9.17, 15) is 14.5 Å². The molecule has 3 aromatic carbocycles. The van der Waals surface area contributed by atoms with Gasteiger partial charge in [0.05, 0.1) is 19.8 Å². The Morgan fingerprint density at radius 1 is 0.971 bits per heavy atom. The number of nitrogens with zero attached hydrogens (tertiary/aromatic N) is 2. The van der Waals surface area contributed by atoms with Crippen LogP contribution in [0, 0.1) is 4.91 Å². The summed E-state index contributed by atoms with van der Waals surface area (Å²) < 4.78 is 16.2.